The number of amides is 1. The van der Waals surface area contributed by atoms with Gasteiger partial charge in [0, 0.05) is 31.1 Å². The third-order valence-electron chi connectivity index (χ3n) is 4.55. The summed E-state index contributed by atoms with van der Waals surface area (Å²) in [6.45, 7) is 2.01. The van der Waals surface area contributed by atoms with E-state index in [0.29, 0.717) is 50.7 Å². The average molecular weight is 423 g/mol. The van der Waals surface area contributed by atoms with Crippen LogP contribution in [-0.2, 0) is 32.5 Å². The number of halogens is 1. The van der Waals surface area contributed by atoms with Gasteiger partial charge in [0.25, 0.3) is 0 Å². The minimum Gasteiger partial charge on any atom is -0.379 e. The van der Waals surface area contributed by atoms with Crippen molar-refractivity contribution in [2.75, 3.05) is 26.3 Å². The quantitative estimate of drug-likeness (QED) is 0.744. The van der Waals surface area contributed by atoms with E-state index in [1.54, 1.807) is 30.3 Å². The largest absolute Gasteiger partial charge is 0.379 e. The summed E-state index contributed by atoms with van der Waals surface area (Å²) in [7, 11) is -3.49. The Balaban J connectivity index is 1.50. The second-order valence-corrected chi connectivity index (χ2v) is 8.94. The van der Waals surface area contributed by atoms with Crippen LogP contribution in [-0.4, -0.2) is 44.9 Å². The van der Waals surface area contributed by atoms with E-state index >= 15 is 0 Å². The number of rotatable bonds is 7. The third kappa shape index (κ3) is 5.54. The number of nitrogens with zero attached hydrogens (tertiary/aromatic N) is 1. The second kappa shape index (κ2) is 9.52. The molecule has 150 valence electrons. The lowest BCUT2D eigenvalue weighted by molar-refractivity contribution is -0.121. The van der Waals surface area contributed by atoms with Gasteiger partial charge in [0.1, 0.15) is 0 Å². The molecule has 0 atom stereocenters. The Kier molecular flexibility index (Phi) is 7.07. The van der Waals surface area contributed by atoms with Crippen molar-refractivity contribution in [1.29, 1.82) is 0 Å². The van der Waals surface area contributed by atoms with E-state index in [9.17, 15) is 13.2 Å². The van der Waals surface area contributed by atoms with Gasteiger partial charge >= 0.3 is 0 Å². The van der Waals surface area contributed by atoms with Gasteiger partial charge in [0.15, 0.2) is 0 Å². The van der Waals surface area contributed by atoms with E-state index in [1.165, 1.54) is 4.31 Å². The molecule has 0 saturated carbocycles. The van der Waals surface area contributed by atoms with Crippen LogP contribution in [0.4, 0.5) is 0 Å². The fourth-order valence-electron chi connectivity index (χ4n) is 2.96. The lowest BCUT2D eigenvalue weighted by Gasteiger charge is -2.26. The monoisotopic (exact) mass is 422 g/mol. The van der Waals surface area contributed by atoms with Crippen molar-refractivity contribution in [3.05, 3.63) is 64.7 Å². The summed E-state index contributed by atoms with van der Waals surface area (Å²) in [5.74, 6) is -0.0648. The highest BCUT2D eigenvalue weighted by molar-refractivity contribution is 7.89. The van der Waals surface area contributed by atoms with Crippen molar-refractivity contribution in [2.45, 2.75) is 24.3 Å². The summed E-state index contributed by atoms with van der Waals surface area (Å²) in [5, 5.41) is 3.50. The first-order valence-corrected chi connectivity index (χ1v) is 10.9. The molecule has 0 bridgehead atoms. The van der Waals surface area contributed by atoms with Gasteiger partial charge in [-0.1, -0.05) is 35.9 Å². The molecule has 1 amide bonds. The molecule has 1 heterocycles. The minimum atomic E-state index is -3.49. The highest BCUT2D eigenvalue weighted by Gasteiger charge is 2.26. The second-order valence-electron chi connectivity index (χ2n) is 6.57. The van der Waals surface area contributed by atoms with Crippen molar-refractivity contribution in [2.24, 2.45) is 0 Å². The zero-order valence-corrected chi connectivity index (χ0v) is 17.0. The zero-order chi connectivity index (χ0) is 20.0. The Morgan fingerprint density at radius 3 is 2.46 bits per heavy atom. The molecule has 1 N–H and O–H groups in total. The Hall–Kier alpha value is -1.93. The molecule has 2 aromatic rings. The SMILES string of the molecule is O=C(CCc1ccc(S(=O)(=O)N2CCOCC2)cc1)NCc1cccc(Cl)c1. The van der Waals surface area contributed by atoms with E-state index in [4.69, 9.17) is 16.3 Å². The van der Waals surface area contributed by atoms with E-state index in [1.807, 2.05) is 18.2 Å². The Labute approximate surface area is 170 Å². The number of hydrogen-bond acceptors (Lipinski definition) is 4. The molecular formula is C20H23ClN2O4S. The Morgan fingerprint density at radius 2 is 1.79 bits per heavy atom. The Morgan fingerprint density at radius 1 is 1.07 bits per heavy atom. The maximum absolute atomic E-state index is 12.6. The first kappa shape index (κ1) is 20.8. The predicted molar refractivity (Wildman–Crippen MR) is 108 cm³/mol. The van der Waals surface area contributed by atoms with Gasteiger partial charge in [0.05, 0.1) is 18.1 Å². The molecular weight excluding hydrogens is 400 g/mol. The number of hydrogen-bond donors (Lipinski definition) is 1. The molecule has 0 radical (unpaired) electrons. The normalized spacial score (nSPS) is 15.3. The van der Waals surface area contributed by atoms with Crippen molar-refractivity contribution < 1.29 is 17.9 Å². The van der Waals surface area contributed by atoms with E-state index < -0.39 is 10.0 Å². The number of carbonyl (C=O) groups is 1. The number of morpholine rings is 1. The van der Waals surface area contributed by atoms with Crippen LogP contribution >= 0.6 is 11.6 Å². The summed E-state index contributed by atoms with van der Waals surface area (Å²) >= 11 is 5.93. The third-order valence-corrected chi connectivity index (χ3v) is 6.70. The van der Waals surface area contributed by atoms with Crippen LogP contribution in [0.1, 0.15) is 17.5 Å². The number of nitrogens with one attached hydrogen (secondary N) is 1. The molecule has 0 aromatic heterocycles. The smallest absolute Gasteiger partial charge is 0.243 e. The maximum atomic E-state index is 12.6. The van der Waals surface area contributed by atoms with E-state index in [-0.39, 0.29) is 10.8 Å². The molecule has 2 aromatic carbocycles. The predicted octanol–water partition coefficient (Wildman–Crippen LogP) is 2.61. The van der Waals surface area contributed by atoms with Gasteiger partial charge in [0.2, 0.25) is 15.9 Å². The van der Waals surface area contributed by atoms with Crippen LogP contribution < -0.4 is 5.32 Å². The van der Waals surface area contributed by atoms with Gasteiger partial charge in [-0.3, -0.25) is 4.79 Å². The minimum absolute atomic E-state index is 0.0648. The van der Waals surface area contributed by atoms with Gasteiger partial charge < -0.3 is 10.1 Å². The molecule has 3 rings (SSSR count). The van der Waals surface area contributed by atoms with Crippen molar-refractivity contribution in [1.82, 2.24) is 9.62 Å². The van der Waals surface area contributed by atoms with Crippen molar-refractivity contribution in [3.8, 4) is 0 Å². The molecule has 28 heavy (non-hydrogen) atoms. The van der Waals surface area contributed by atoms with Gasteiger partial charge in [-0.05, 0) is 41.8 Å². The fourth-order valence-corrected chi connectivity index (χ4v) is 4.58. The maximum Gasteiger partial charge on any atom is 0.243 e. The number of sulfonamides is 1. The number of ether oxygens (including phenoxy) is 1. The highest BCUT2D eigenvalue weighted by atomic mass is 35.5. The molecule has 0 unspecified atom stereocenters. The fraction of sp³-hybridized carbons (Fsp3) is 0.350. The van der Waals surface area contributed by atoms with Crippen LogP contribution in [0.5, 0.6) is 0 Å². The van der Waals surface area contributed by atoms with Crippen LogP contribution in [0, 0.1) is 0 Å². The summed E-state index contributed by atoms with van der Waals surface area (Å²) < 4.78 is 31.9. The van der Waals surface area contributed by atoms with Crippen LogP contribution in [0.2, 0.25) is 5.02 Å². The Bertz CT molecular complexity index is 910. The van der Waals surface area contributed by atoms with Gasteiger partial charge in [-0.15, -0.1) is 0 Å². The van der Waals surface area contributed by atoms with E-state index in [0.717, 1.165) is 11.1 Å². The first-order valence-electron chi connectivity index (χ1n) is 9.13. The summed E-state index contributed by atoms with van der Waals surface area (Å²) in [6.07, 6.45) is 0.870. The summed E-state index contributed by atoms with van der Waals surface area (Å²) in [6, 6.07) is 14.1. The number of benzene rings is 2. The number of carbonyl (C=O) groups excluding carboxylic acids is 1. The molecule has 1 saturated heterocycles. The lowest BCUT2D eigenvalue weighted by atomic mass is 10.1. The molecule has 6 nitrogen and oxygen atoms in total. The van der Waals surface area contributed by atoms with Gasteiger partial charge in [-0.25, -0.2) is 8.42 Å². The standard InChI is InChI=1S/C20H23ClN2O4S/c21-18-3-1-2-17(14-18)15-22-20(24)9-6-16-4-7-19(8-5-16)28(25,26)23-10-12-27-13-11-23/h1-5,7-8,14H,6,9-13,15H2,(H,22,24). The average Bonchev–Trinajstić information content (AvgIpc) is 2.72. The van der Waals surface area contributed by atoms with Crippen molar-refractivity contribution in [3.63, 3.8) is 0 Å². The topological polar surface area (TPSA) is 75.7 Å². The van der Waals surface area contributed by atoms with Crippen LogP contribution in [0.15, 0.2) is 53.4 Å². The van der Waals surface area contributed by atoms with Crippen molar-refractivity contribution >= 4 is 27.5 Å². The van der Waals surface area contributed by atoms with Crippen LogP contribution in [0.25, 0.3) is 0 Å². The summed E-state index contributed by atoms with van der Waals surface area (Å²) in [5.41, 5.74) is 1.86. The van der Waals surface area contributed by atoms with E-state index in [2.05, 4.69) is 5.32 Å². The van der Waals surface area contributed by atoms with Crippen LogP contribution in [0.3, 0.4) is 0 Å². The zero-order valence-electron chi connectivity index (χ0n) is 15.4. The number of aryl methyl sites for hydroxylation is 1. The highest BCUT2D eigenvalue weighted by Crippen LogP contribution is 2.18. The molecule has 0 aliphatic carbocycles. The molecule has 0 spiro atoms. The molecule has 1 aliphatic rings. The lowest BCUT2D eigenvalue weighted by Crippen LogP contribution is -2.40. The summed E-state index contributed by atoms with van der Waals surface area (Å²) in [4.78, 5) is 12.3. The first-order chi connectivity index (χ1) is 13.4. The molecule has 1 fully saturated rings. The van der Waals surface area contributed by atoms with Gasteiger partial charge in [-0.2, -0.15) is 4.31 Å². The molecule has 8 heteroatoms. The molecule has 1 aliphatic heterocycles.